The molecule has 2 heterocycles. The highest BCUT2D eigenvalue weighted by Crippen LogP contribution is 2.25. The fourth-order valence-corrected chi connectivity index (χ4v) is 3.70. The molecule has 1 amide bonds. The van der Waals surface area contributed by atoms with Crippen molar-refractivity contribution < 1.29 is 4.79 Å². The number of benzene rings is 2. The molecule has 0 saturated heterocycles. The van der Waals surface area contributed by atoms with Gasteiger partial charge in [-0.05, 0) is 54.2 Å². The predicted octanol–water partition coefficient (Wildman–Crippen LogP) is 5.68. The quantitative estimate of drug-likeness (QED) is 0.409. The first-order valence-corrected chi connectivity index (χ1v) is 10.8. The lowest BCUT2D eigenvalue weighted by Gasteiger charge is -2.11. The van der Waals surface area contributed by atoms with Crippen molar-refractivity contribution in [2.75, 3.05) is 5.32 Å². The van der Waals surface area contributed by atoms with Crippen LogP contribution in [0.5, 0.6) is 0 Å². The van der Waals surface area contributed by atoms with E-state index in [1.807, 2.05) is 50.2 Å². The van der Waals surface area contributed by atoms with Crippen molar-refractivity contribution in [3.8, 4) is 11.9 Å². The van der Waals surface area contributed by atoms with Crippen molar-refractivity contribution in [3.05, 3.63) is 88.6 Å². The molecular weight excluding hydrogens is 410 g/mol. The maximum atomic E-state index is 12.7. The highest BCUT2D eigenvalue weighted by molar-refractivity contribution is 6.02. The van der Waals surface area contributed by atoms with Crippen LogP contribution in [0.15, 0.2) is 60.8 Å². The van der Waals surface area contributed by atoms with Gasteiger partial charge in [-0.1, -0.05) is 56.3 Å². The minimum atomic E-state index is -0.352. The second-order valence-electron chi connectivity index (χ2n) is 8.34. The number of hydrogen-bond acceptors (Lipinski definition) is 4. The maximum Gasteiger partial charge on any atom is 0.249 e. The minimum Gasteiger partial charge on any atom is -0.306 e. The molecule has 0 spiro atoms. The summed E-state index contributed by atoms with van der Waals surface area (Å²) in [5.74, 6) is 0.934. The molecule has 164 valence electrons. The number of carbonyl (C=O) groups excluding carboxylic acids is 1. The van der Waals surface area contributed by atoms with Gasteiger partial charge in [0.25, 0.3) is 0 Å². The molecule has 6 nitrogen and oxygen atoms in total. The molecule has 4 rings (SSSR count). The number of aromatic nitrogens is 3. The Morgan fingerprint density at radius 1 is 1.12 bits per heavy atom. The number of rotatable bonds is 5. The Bertz CT molecular complexity index is 1410. The summed E-state index contributed by atoms with van der Waals surface area (Å²) >= 11 is 0. The molecule has 6 heteroatoms. The van der Waals surface area contributed by atoms with Crippen LogP contribution in [-0.2, 0) is 4.79 Å². The van der Waals surface area contributed by atoms with Gasteiger partial charge in [0.2, 0.25) is 5.91 Å². The number of para-hydroxylation sites is 1. The first-order valence-electron chi connectivity index (χ1n) is 10.8. The third-order valence-electron chi connectivity index (χ3n) is 5.61. The van der Waals surface area contributed by atoms with E-state index in [1.54, 1.807) is 6.08 Å². The van der Waals surface area contributed by atoms with Gasteiger partial charge < -0.3 is 5.32 Å². The van der Waals surface area contributed by atoms with Crippen LogP contribution in [-0.4, -0.2) is 20.7 Å². The number of nitrogens with zero attached hydrogens (tertiary/aromatic N) is 4. The second kappa shape index (κ2) is 9.09. The normalized spacial score (nSPS) is 11.3. The Labute approximate surface area is 193 Å². The van der Waals surface area contributed by atoms with Crippen LogP contribution >= 0.6 is 0 Å². The van der Waals surface area contributed by atoms with Gasteiger partial charge in [-0.3, -0.25) is 4.79 Å². The topological polar surface area (TPSA) is 83.6 Å². The largest absolute Gasteiger partial charge is 0.306 e. The van der Waals surface area contributed by atoms with Gasteiger partial charge in [-0.25, -0.2) is 4.98 Å². The lowest BCUT2D eigenvalue weighted by atomic mass is 10.0. The van der Waals surface area contributed by atoms with E-state index >= 15 is 0 Å². The van der Waals surface area contributed by atoms with Gasteiger partial charge in [0, 0.05) is 11.5 Å². The zero-order valence-corrected chi connectivity index (χ0v) is 19.1. The summed E-state index contributed by atoms with van der Waals surface area (Å²) in [6, 6.07) is 18.1. The van der Waals surface area contributed by atoms with Gasteiger partial charge in [0.1, 0.15) is 11.6 Å². The number of anilines is 1. The first kappa shape index (κ1) is 22.0. The van der Waals surface area contributed by atoms with Gasteiger partial charge >= 0.3 is 0 Å². The molecule has 2 aromatic heterocycles. The van der Waals surface area contributed by atoms with Crippen molar-refractivity contribution in [3.63, 3.8) is 0 Å². The predicted molar refractivity (Wildman–Crippen MR) is 131 cm³/mol. The van der Waals surface area contributed by atoms with Crippen molar-refractivity contribution >= 4 is 28.7 Å². The molecule has 0 unspecified atom stereocenters. The molecule has 33 heavy (non-hydrogen) atoms. The second-order valence-corrected chi connectivity index (χ2v) is 8.34. The number of amides is 1. The number of pyridine rings is 1. The van der Waals surface area contributed by atoms with Crippen LogP contribution in [0, 0.1) is 25.2 Å². The van der Waals surface area contributed by atoms with Gasteiger partial charge in [0.15, 0.2) is 11.6 Å². The van der Waals surface area contributed by atoms with E-state index < -0.39 is 0 Å². The fraction of sp³-hybridized carbons (Fsp3) is 0.185. The molecule has 2 aromatic carbocycles. The molecular formula is C27H25N5O. The number of aryl methyl sites for hydroxylation is 2. The molecule has 0 atom stereocenters. The summed E-state index contributed by atoms with van der Waals surface area (Å²) in [5.41, 5.74) is 5.38. The molecule has 0 aliphatic carbocycles. The summed E-state index contributed by atoms with van der Waals surface area (Å²) in [4.78, 5) is 17.4. The Hall–Kier alpha value is -4.24. The summed E-state index contributed by atoms with van der Waals surface area (Å²) in [6.07, 6.45) is 4.63. The Balaban J connectivity index is 1.64. The molecule has 0 saturated carbocycles. The highest BCUT2D eigenvalue weighted by Gasteiger charge is 2.16. The Morgan fingerprint density at radius 2 is 1.88 bits per heavy atom. The molecule has 0 radical (unpaired) electrons. The minimum absolute atomic E-state index is 0.266. The molecule has 0 aliphatic heterocycles. The van der Waals surface area contributed by atoms with E-state index in [0.717, 1.165) is 27.6 Å². The highest BCUT2D eigenvalue weighted by atomic mass is 16.1. The van der Waals surface area contributed by atoms with Gasteiger partial charge in [0.05, 0.1) is 11.7 Å². The standard InChI is InChI=1S/C27H25N5O/c1-17(2)21-11-8-20(9-12-21)10-13-25(33)31-27-22(15-28)16-29-32(27)24-14-19(4)23-7-5-6-18(3)26(23)30-24/h5-14,16-17H,1-4H3,(H,31,33)/b13-10+. The van der Waals surface area contributed by atoms with E-state index in [4.69, 9.17) is 4.98 Å². The first-order chi connectivity index (χ1) is 15.9. The number of hydrogen-bond donors (Lipinski definition) is 1. The number of fused-ring (bicyclic) bond motifs is 1. The zero-order valence-electron chi connectivity index (χ0n) is 19.1. The van der Waals surface area contributed by atoms with Crippen LogP contribution in [0.25, 0.3) is 22.8 Å². The summed E-state index contributed by atoms with van der Waals surface area (Å²) in [5, 5.41) is 17.7. The molecule has 0 fully saturated rings. The average molecular weight is 436 g/mol. The number of nitrogens with one attached hydrogen (secondary N) is 1. The third kappa shape index (κ3) is 4.53. The SMILES string of the molecule is Cc1cc(-n2ncc(C#N)c2NC(=O)/C=C/c2ccc(C(C)C)cc2)nc2c(C)cccc12. The van der Waals surface area contributed by atoms with Crippen LogP contribution in [0.2, 0.25) is 0 Å². The van der Waals surface area contributed by atoms with E-state index in [9.17, 15) is 10.1 Å². The van der Waals surface area contributed by atoms with E-state index in [1.165, 1.54) is 22.5 Å². The van der Waals surface area contributed by atoms with Crippen LogP contribution in [0.1, 0.15) is 47.6 Å². The van der Waals surface area contributed by atoms with Crippen LogP contribution in [0.4, 0.5) is 5.82 Å². The smallest absolute Gasteiger partial charge is 0.249 e. The monoisotopic (exact) mass is 435 g/mol. The van der Waals surface area contributed by atoms with E-state index in [2.05, 4.69) is 42.5 Å². The lowest BCUT2D eigenvalue weighted by Crippen LogP contribution is -2.14. The Morgan fingerprint density at radius 3 is 2.58 bits per heavy atom. The van der Waals surface area contributed by atoms with E-state index in [-0.39, 0.29) is 11.5 Å². The molecule has 0 bridgehead atoms. The van der Waals surface area contributed by atoms with Gasteiger partial charge in [-0.15, -0.1) is 0 Å². The van der Waals surface area contributed by atoms with Crippen molar-refractivity contribution in [1.29, 1.82) is 5.26 Å². The lowest BCUT2D eigenvalue weighted by molar-refractivity contribution is -0.111. The van der Waals surface area contributed by atoms with Gasteiger partial charge in [-0.2, -0.15) is 15.0 Å². The fourth-order valence-electron chi connectivity index (χ4n) is 3.70. The molecule has 4 aromatic rings. The van der Waals surface area contributed by atoms with E-state index in [0.29, 0.717) is 17.6 Å². The van der Waals surface area contributed by atoms with Crippen molar-refractivity contribution in [2.45, 2.75) is 33.6 Å². The zero-order chi connectivity index (χ0) is 23.5. The Kier molecular flexibility index (Phi) is 6.05. The summed E-state index contributed by atoms with van der Waals surface area (Å²) < 4.78 is 1.50. The van der Waals surface area contributed by atoms with Crippen molar-refractivity contribution in [1.82, 2.24) is 14.8 Å². The van der Waals surface area contributed by atoms with Crippen LogP contribution in [0.3, 0.4) is 0 Å². The number of carbonyl (C=O) groups is 1. The maximum absolute atomic E-state index is 12.7. The van der Waals surface area contributed by atoms with Crippen molar-refractivity contribution in [2.24, 2.45) is 0 Å². The molecule has 1 N–H and O–H groups in total. The summed E-state index contributed by atoms with van der Waals surface area (Å²) in [7, 11) is 0. The molecule has 0 aliphatic rings. The number of nitriles is 1. The third-order valence-corrected chi connectivity index (χ3v) is 5.61. The van der Waals surface area contributed by atoms with Crippen LogP contribution < -0.4 is 5.32 Å². The average Bonchev–Trinajstić information content (AvgIpc) is 3.21. The summed E-state index contributed by atoms with van der Waals surface area (Å²) in [6.45, 7) is 8.29.